The van der Waals surface area contributed by atoms with Crippen molar-refractivity contribution in [3.63, 3.8) is 0 Å². The van der Waals surface area contributed by atoms with Gasteiger partial charge in [0, 0.05) is 12.5 Å². The molecule has 2 bridgehead atoms. The minimum atomic E-state index is -3.46. The van der Waals surface area contributed by atoms with Crippen LogP contribution < -0.4 is 39.4 Å². The van der Waals surface area contributed by atoms with Crippen molar-refractivity contribution in [1.29, 1.82) is 0 Å². The Kier molecular flexibility index (Phi) is 9.22. The van der Waals surface area contributed by atoms with E-state index in [0.717, 1.165) is 12.8 Å². The topological polar surface area (TPSA) is 86.3 Å². The predicted octanol–water partition coefficient (Wildman–Crippen LogP) is -0.502. The van der Waals surface area contributed by atoms with E-state index < -0.39 is 16.0 Å². The molecule has 0 radical (unpaired) electrons. The monoisotopic (exact) mass is 413 g/mol. The van der Waals surface area contributed by atoms with Gasteiger partial charge in [0.2, 0.25) is 10.0 Å². The number of hydrogen-bond donors (Lipinski definition) is 1. The molecular weight excluding hydrogens is 385 g/mol. The largest absolute Gasteiger partial charge is 1.00 e. The van der Waals surface area contributed by atoms with Crippen LogP contribution in [0.3, 0.4) is 0 Å². The van der Waals surface area contributed by atoms with Crippen molar-refractivity contribution in [3.8, 4) is 0 Å². The van der Waals surface area contributed by atoms with Crippen LogP contribution in [0, 0.1) is 23.7 Å². The number of sulfonamides is 1. The minimum absolute atomic E-state index is 0. The van der Waals surface area contributed by atoms with Crippen LogP contribution in [0.25, 0.3) is 0 Å². The number of aliphatic carboxylic acids is 1. The molecule has 5 nitrogen and oxygen atoms in total. The molecule has 0 saturated heterocycles. The van der Waals surface area contributed by atoms with Crippen molar-refractivity contribution >= 4 is 16.0 Å². The molecule has 28 heavy (non-hydrogen) atoms. The molecule has 2 aliphatic carbocycles. The average Bonchev–Trinajstić information content (AvgIpc) is 3.25. The normalized spacial score (nSPS) is 26.4. The Morgan fingerprint density at radius 2 is 1.79 bits per heavy atom. The van der Waals surface area contributed by atoms with Gasteiger partial charge in [0.15, 0.2) is 0 Å². The summed E-state index contributed by atoms with van der Waals surface area (Å²) < 4.78 is 27.9. The molecule has 1 aromatic carbocycles. The van der Waals surface area contributed by atoms with Gasteiger partial charge in [-0.25, -0.2) is 13.1 Å². The predicted molar refractivity (Wildman–Crippen MR) is 102 cm³/mol. The van der Waals surface area contributed by atoms with Gasteiger partial charge in [0.1, 0.15) is 0 Å². The van der Waals surface area contributed by atoms with E-state index in [1.165, 1.54) is 19.3 Å². The summed E-state index contributed by atoms with van der Waals surface area (Å²) in [6, 6.07) is 8.52. The Balaban J connectivity index is 0.00000280. The van der Waals surface area contributed by atoms with E-state index in [2.05, 4.69) is 16.9 Å². The summed E-state index contributed by atoms with van der Waals surface area (Å²) in [5.74, 6) is 1.20. The van der Waals surface area contributed by atoms with Crippen LogP contribution >= 0.6 is 0 Å². The molecule has 0 aromatic heterocycles. The SMILES string of the molecule is O=C([O-])CCC/C=C\C[C@H]1[C@@H]2CC[C@@H](C2)[C@H]1CNS(=O)(=O)c1ccccc1.[Na+]. The quantitative estimate of drug-likeness (QED) is 0.318. The maximum Gasteiger partial charge on any atom is 1.00 e. The van der Waals surface area contributed by atoms with Crippen LogP contribution in [0.5, 0.6) is 0 Å². The van der Waals surface area contributed by atoms with Crippen molar-refractivity contribution in [2.24, 2.45) is 23.7 Å². The molecule has 148 valence electrons. The molecule has 0 heterocycles. The summed E-state index contributed by atoms with van der Waals surface area (Å²) in [7, 11) is -3.46. The third-order valence-corrected chi connectivity index (χ3v) is 7.60. The second-order valence-corrected chi connectivity index (χ2v) is 9.56. The number of carboxylic acid groups (broad SMARTS) is 1. The van der Waals surface area contributed by atoms with Crippen molar-refractivity contribution in [2.75, 3.05) is 6.54 Å². The van der Waals surface area contributed by atoms with E-state index in [9.17, 15) is 18.3 Å². The molecule has 1 N–H and O–H groups in total. The van der Waals surface area contributed by atoms with Gasteiger partial charge in [-0.1, -0.05) is 30.4 Å². The molecule has 2 saturated carbocycles. The minimum Gasteiger partial charge on any atom is -0.550 e. The van der Waals surface area contributed by atoms with Crippen LogP contribution in [0.15, 0.2) is 47.4 Å². The van der Waals surface area contributed by atoms with E-state index in [4.69, 9.17) is 0 Å². The Morgan fingerprint density at radius 1 is 1.11 bits per heavy atom. The summed E-state index contributed by atoms with van der Waals surface area (Å²) in [4.78, 5) is 10.8. The zero-order chi connectivity index (χ0) is 19.3. The van der Waals surface area contributed by atoms with Crippen LogP contribution in [0.4, 0.5) is 0 Å². The molecule has 2 fully saturated rings. The van der Waals surface area contributed by atoms with E-state index in [-0.39, 0.29) is 36.0 Å². The number of carboxylic acids is 1. The standard InChI is InChI=1S/C21H29NO4S.Na/c23-21(24)11-7-2-1-6-10-19-16-12-13-17(14-16)20(19)15-22-27(25,26)18-8-4-3-5-9-18;/h1,3-6,8-9,16-17,19-20,22H,2,7,10-15H2,(H,23,24);/q;+1/p-1/b6-1-;/t16-,17+,19+,20-;/m1./s1. The van der Waals surface area contributed by atoms with Gasteiger partial charge in [-0.2, -0.15) is 0 Å². The zero-order valence-electron chi connectivity index (χ0n) is 16.5. The van der Waals surface area contributed by atoms with Gasteiger partial charge in [-0.3, -0.25) is 0 Å². The number of carbonyl (C=O) groups excluding carboxylic acids is 1. The van der Waals surface area contributed by atoms with Crippen molar-refractivity contribution in [1.82, 2.24) is 4.72 Å². The number of nitrogens with one attached hydrogen (secondary N) is 1. The molecular formula is C21H28NNaO4S. The van der Waals surface area contributed by atoms with Crippen molar-refractivity contribution < 1.29 is 47.9 Å². The van der Waals surface area contributed by atoms with E-state index in [0.29, 0.717) is 41.5 Å². The Labute approximate surface area is 190 Å². The van der Waals surface area contributed by atoms with Crippen LogP contribution in [-0.2, 0) is 14.8 Å². The van der Waals surface area contributed by atoms with Gasteiger partial charge in [-0.05, 0) is 80.8 Å². The van der Waals surface area contributed by atoms with E-state index in [1.54, 1.807) is 24.3 Å². The zero-order valence-corrected chi connectivity index (χ0v) is 19.4. The second kappa shape index (κ2) is 10.9. The van der Waals surface area contributed by atoms with Gasteiger partial charge in [0.05, 0.1) is 4.90 Å². The summed E-state index contributed by atoms with van der Waals surface area (Å²) in [6.45, 7) is 0.502. The maximum absolute atomic E-state index is 12.5. The van der Waals surface area contributed by atoms with Crippen LogP contribution in [0.1, 0.15) is 44.9 Å². The molecule has 0 amide bonds. The second-order valence-electron chi connectivity index (χ2n) is 7.80. The smallest absolute Gasteiger partial charge is 0.550 e. The molecule has 0 aliphatic heterocycles. The molecule has 2 aliphatic rings. The van der Waals surface area contributed by atoms with Gasteiger partial charge < -0.3 is 9.90 Å². The summed E-state index contributed by atoms with van der Waals surface area (Å²) >= 11 is 0. The van der Waals surface area contributed by atoms with E-state index in [1.807, 2.05) is 6.07 Å². The van der Waals surface area contributed by atoms with Crippen LogP contribution in [0.2, 0.25) is 0 Å². The first-order valence-electron chi connectivity index (χ1n) is 9.87. The number of carbonyl (C=O) groups is 1. The maximum atomic E-state index is 12.5. The summed E-state index contributed by atoms with van der Waals surface area (Å²) in [6.07, 6.45) is 10.3. The molecule has 7 heteroatoms. The van der Waals surface area contributed by atoms with Crippen molar-refractivity contribution in [2.45, 2.75) is 49.8 Å². The molecule has 3 rings (SSSR count). The first-order chi connectivity index (χ1) is 13.0. The summed E-state index contributed by atoms with van der Waals surface area (Å²) in [5.41, 5.74) is 0. The number of hydrogen-bond acceptors (Lipinski definition) is 4. The van der Waals surface area contributed by atoms with Crippen molar-refractivity contribution in [3.05, 3.63) is 42.5 Å². The number of rotatable bonds is 10. The number of unbranched alkanes of at least 4 members (excludes halogenated alkanes) is 1. The fourth-order valence-electron chi connectivity index (χ4n) is 4.84. The number of benzene rings is 1. The Bertz CT molecular complexity index is 766. The van der Waals surface area contributed by atoms with Gasteiger partial charge in [0.25, 0.3) is 0 Å². The molecule has 0 unspecified atom stereocenters. The molecule has 0 spiro atoms. The first kappa shape index (κ1) is 23.6. The molecule has 1 aromatic rings. The number of fused-ring (bicyclic) bond motifs is 2. The average molecular weight is 414 g/mol. The Morgan fingerprint density at radius 3 is 2.46 bits per heavy atom. The number of allylic oxidation sites excluding steroid dienone is 2. The van der Waals surface area contributed by atoms with Gasteiger partial charge >= 0.3 is 29.6 Å². The van der Waals surface area contributed by atoms with Gasteiger partial charge in [-0.15, -0.1) is 0 Å². The Hall–Kier alpha value is -0.660. The summed E-state index contributed by atoms with van der Waals surface area (Å²) in [5, 5.41) is 10.4. The fraction of sp³-hybridized carbons (Fsp3) is 0.571. The molecule has 4 atom stereocenters. The third kappa shape index (κ3) is 6.17. The van der Waals surface area contributed by atoms with E-state index >= 15 is 0 Å². The third-order valence-electron chi connectivity index (χ3n) is 6.16. The first-order valence-corrected chi connectivity index (χ1v) is 11.4. The fourth-order valence-corrected chi connectivity index (χ4v) is 5.93. The van der Waals surface area contributed by atoms with Crippen LogP contribution in [-0.4, -0.2) is 20.9 Å².